The molecule has 0 spiro atoms. The third kappa shape index (κ3) is 4.08. The van der Waals surface area contributed by atoms with Crippen LogP contribution in [0.3, 0.4) is 0 Å². The van der Waals surface area contributed by atoms with E-state index in [1.165, 1.54) is 18.3 Å². The van der Waals surface area contributed by atoms with Gasteiger partial charge >= 0.3 is 0 Å². The fourth-order valence-corrected chi connectivity index (χ4v) is 4.65. The SMILES string of the molecule is Cc1ccc2ncc(C(=O)Nc3cc(C(=O)C[C@@H]4c5cc(Cl)ccc5C[C@@H]4O)ccc3F)n2c1. The van der Waals surface area contributed by atoms with Crippen molar-refractivity contribution in [3.8, 4) is 0 Å². The molecule has 0 radical (unpaired) electrons. The molecule has 34 heavy (non-hydrogen) atoms. The van der Waals surface area contributed by atoms with Gasteiger partial charge in [-0.1, -0.05) is 23.7 Å². The number of pyridine rings is 1. The first kappa shape index (κ1) is 22.3. The summed E-state index contributed by atoms with van der Waals surface area (Å²) in [6, 6.07) is 12.9. The topological polar surface area (TPSA) is 83.7 Å². The van der Waals surface area contributed by atoms with Crippen LogP contribution in [-0.2, 0) is 6.42 Å². The number of amides is 1. The lowest BCUT2D eigenvalue weighted by Gasteiger charge is -2.16. The molecule has 4 aromatic rings. The van der Waals surface area contributed by atoms with E-state index in [0.29, 0.717) is 17.1 Å². The Balaban J connectivity index is 1.38. The number of imidazole rings is 1. The minimum absolute atomic E-state index is 0.0417. The van der Waals surface area contributed by atoms with E-state index in [9.17, 15) is 19.1 Å². The fourth-order valence-electron chi connectivity index (χ4n) is 4.47. The summed E-state index contributed by atoms with van der Waals surface area (Å²) in [4.78, 5) is 30.1. The summed E-state index contributed by atoms with van der Waals surface area (Å²) in [5.41, 5.74) is 3.74. The van der Waals surface area contributed by atoms with Crippen molar-refractivity contribution in [3.05, 3.63) is 99.7 Å². The van der Waals surface area contributed by atoms with Gasteiger partial charge in [0, 0.05) is 29.1 Å². The largest absolute Gasteiger partial charge is 0.392 e. The average molecular weight is 478 g/mol. The van der Waals surface area contributed by atoms with Gasteiger partial charge in [-0.15, -0.1) is 0 Å². The van der Waals surface area contributed by atoms with E-state index in [1.54, 1.807) is 28.8 Å². The number of ketones is 1. The van der Waals surface area contributed by atoms with Crippen molar-refractivity contribution in [2.45, 2.75) is 31.8 Å². The summed E-state index contributed by atoms with van der Waals surface area (Å²) >= 11 is 6.11. The van der Waals surface area contributed by atoms with E-state index in [-0.39, 0.29) is 29.1 Å². The fraction of sp³-hybridized carbons (Fsp3) is 0.192. The number of fused-ring (bicyclic) bond motifs is 2. The zero-order chi connectivity index (χ0) is 24.0. The number of rotatable bonds is 5. The third-order valence-corrected chi connectivity index (χ3v) is 6.46. The molecule has 2 atom stereocenters. The van der Waals surface area contributed by atoms with Crippen LogP contribution in [0.4, 0.5) is 10.1 Å². The van der Waals surface area contributed by atoms with Crippen molar-refractivity contribution in [3.63, 3.8) is 0 Å². The number of benzene rings is 2. The molecule has 0 aliphatic heterocycles. The number of carbonyl (C=O) groups excluding carboxylic acids is 2. The summed E-state index contributed by atoms with van der Waals surface area (Å²) in [7, 11) is 0. The molecule has 6 nitrogen and oxygen atoms in total. The summed E-state index contributed by atoms with van der Waals surface area (Å²) < 4.78 is 16.1. The minimum Gasteiger partial charge on any atom is -0.392 e. The quantitative estimate of drug-likeness (QED) is 0.398. The second-order valence-electron chi connectivity index (χ2n) is 8.58. The number of anilines is 1. The molecule has 2 aromatic heterocycles. The Hall–Kier alpha value is -3.55. The summed E-state index contributed by atoms with van der Waals surface area (Å²) in [5.74, 6) is -1.87. The summed E-state index contributed by atoms with van der Waals surface area (Å²) in [5, 5.41) is 13.6. The Labute approximate surface area is 200 Å². The molecule has 1 aliphatic rings. The van der Waals surface area contributed by atoms with Crippen LogP contribution in [0.1, 0.15) is 49.9 Å². The number of aliphatic hydroxyl groups is 1. The highest BCUT2D eigenvalue weighted by atomic mass is 35.5. The van der Waals surface area contributed by atoms with Crippen LogP contribution >= 0.6 is 11.6 Å². The van der Waals surface area contributed by atoms with E-state index in [2.05, 4.69) is 10.3 Å². The van der Waals surface area contributed by atoms with Gasteiger partial charge in [0.15, 0.2) is 5.78 Å². The van der Waals surface area contributed by atoms with Gasteiger partial charge in [-0.25, -0.2) is 9.37 Å². The number of aliphatic hydroxyl groups excluding tert-OH is 1. The molecule has 1 amide bonds. The smallest absolute Gasteiger partial charge is 0.274 e. The predicted octanol–water partition coefficient (Wildman–Crippen LogP) is 4.96. The van der Waals surface area contributed by atoms with Crippen molar-refractivity contribution in [1.82, 2.24) is 9.38 Å². The minimum atomic E-state index is -0.698. The highest BCUT2D eigenvalue weighted by Gasteiger charge is 2.33. The average Bonchev–Trinajstić information content (AvgIpc) is 3.35. The van der Waals surface area contributed by atoms with E-state index < -0.39 is 23.7 Å². The number of Topliss-reactive ketones (excluding diaryl/α,β-unsaturated/α-hetero) is 1. The maximum absolute atomic E-state index is 14.5. The molecule has 0 fully saturated rings. The van der Waals surface area contributed by atoms with Gasteiger partial charge in [-0.05, 0) is 66.4 Å². The molecule has 2 heterocycles. The third-order valence-electron chi connectivity index (χ3n) is 6.23. The standard InChI is InChI=1S/C26H21ClFN3O3/c1-14-2-7-25-29-12-22(31(25)13-14)26(34)30-21-8-16(4-6-20(21)28)23(32)11-19-18-10-17(27)5-3-15(18)9-24(19)33/h2-8,10,12-13,19,24,33H,9,11H2,1H3,(H,30,34)/t19-,24+/m1/s1. The molecule has 5 rings (SSSR count). The second-order valence-corrected chi connectivity index (χ2v) is 9.01. The number of hydrogen-bond donors (Lipinski definition) is 2. The van der Waals surface area contributed by atoms with Crippen LogP contribution < -0.4 is 5.32 Å². The number of aromatic nitrogens is 2. The van der Waals surface area contributed by atoms with Gasteiger partial charge in [0.1, 0.15) is 17.2 Å². The van der Waals surface area contributed by atoms with E-state index in [1.807, 2.05) is 19.1 Å². The number of aryl methyl sites for hydroxylation is 1. The molecule has 0 unspecified atom stereocenters. The lowest BCUT2D eigenvalue weighted by molar-refractivity contribution is 0.0920. The highest BCUT2D eigenvalue weighted by Crippen LogP contribution is 2.38. The van der Waals surface area contributed by atoms with Crippen LogP contribution in [0, 0.1) is 12.7 Å². The van der Waals surface area contributed by atoms with E-state index in [0.717, 1.165) is 22.8 Å². The van der Waals surface area contributed by atoms with Crippen molar-refractivity contribution in [2.75, 3.05) is 5.32 Å². The molecule has 8 heteroatoms. The molecule has 0 saturated carbocycles. The van der Waals surface area contributed by atoms with Crippen LogP contribution in [-0.4, -0.2) is 32.3 Å². The molecule has 0 saturated heterocycles. The first-order valence-electron chi connectivity index (χ1n) is 10.8. The summed E-state index contributed by atoms with van der Waals surface area (Å²) in [6.07, 6.45) is 2.98. The monoisotopic (exact) mass is 477 g/mol. The maximum atomic E-state index is 14.5. The van der Waals surface area contributed by atoms with Gasteiger partial charge in [0.2, 0.25) is 0 Å². The van der Waals surface area contributed by atoms with E-state index in [4.69, 9.17) is 11.6 Å². The van der Waals surface area contributed by atoms with Gasteiger partial charge < -0.3 is 10.4 Å². The predicted molar refractivity (Wildman–Crippen MR) is 127 cm³/mol. The molecule has 1 aliphatic carbocycles. The molecular weight excluding hydrogens is 457 g/mol. The Kier molecular flexibility index (Phi) is 5.67. The molecule has 2 N–H and O–H groups in total. The molecular formula is C26H21ClFN3O3. The van der Waals surface area contributed by atoms with Crippen LogP contribution in [0.5, 0.6) is 0 Å². The lowest BCUT2D eigenvalue weighted by Crippen LogP contribution is -2.18. The van der Waals surface area contributed by atoms with Crippen molar-refractivity contribution < 1.29 is 19.1 Å². The molecule has 0 bridgehead atoms. The Morgan fingerprint density at radius 1 is 1.21 bits per heavy atom. The van der Waals surface area contributed by atoms with E-state index >= 15 is 0 Å². The van der Waals surface area contributed by atoms with Crippen LogP contribution in [0.25, 0.3) is 5.65 Å². The van der Waals surface area contributed by atoms with Gasteiger partial charge in [0.25, 0.3) is 5.91 Å². The van der Waals surface area contributed by atoms with Crippen LogP contribution in [0.2, 0.25) is 5.02 Å². The lowest BCUT2D eigenvalue weighted by atomic mass is 9.91. The van der Waals surface area contributed by atoms with Crippen molar-refractivity contribution >= 4 is 34.6 Å². The normalized spacial score (nSPS) is 17.1. The Morgan fingerprint density at radius 3 is 2.85 bits per heavy atom. The second kappa shape index (κ2) is 8.66. The van der Waals surface area contributed by atoms with Gasteiger partial charge in [-0.3, -0.25) is 14.0 Å². The van der Waals surface area contributed by atoms with Gasteiger partial charge in [-0.2, -0.15) is 0 Å². The van der Waals surface area contributed by atoms with Crippen molar-refractivity contribution in [2.24, 2.45) is 0 Å². The zero-order valence-electron chi connectivity index (χ0n) is 18.3. The van der Waals surface area contributed by atoms with Crippen LogP contribution in [0.15, 0.2) is 60.9 Å². The molecule has 2 aromatic carbocycles. The number of hydrogen-bond acceptors (Lipinski definition) is 4. The first-order valence-corrected chi connectivity index (χ1v) is 11.2. The highest BCUT2D eigenvalue weighted by molar-refractivity contribution is 6.30. The Morgan fingerprint density at radius 2 is 2.03 bits per heavy atom. The number of nitrogens with zero attached hydrogens (tertiary/aromatic N) is 2. The first-order chi connectivity index (χ1) is 16.3. The van der Waals surface area contributed by atoms with Gasteiger partial charge in [0.05, 0.1) is 18.0 Å². The maximum Gasteiger partial charge on any atom is 0.274 e. The zero-order valence-corrected chi connectivity index (χ0v) is 19.0. The molecule has 172 valence electrons. The Bertz CT molecular complexity index is 1450. The number of nitrogens with one attached hydrogen (secondary N) is 1. The van der Waals surface area contributed by atoms with Crippen molar-refractivity contribution in [1.29, 1.82) is 0 Å². The number of carbonyl (C=O) groups is 2. The number of halogens is 2. The summed E-state index contributed by atoms with van der Waals surface area (Å²) in [6.45, 7) is 1.89.